The number of hydrogen-bond donors (Lipinski definition) is 1. The maximum Gasteiger partial charge on any atom is 0.287 e. The third-order valence-electron chi connectivity index (χ3n) is 4.46. The summed E-state index contributed by atoms with van der Waals surface area (Å²) in [5.41, 5.74) is 0.600. The summed E-state index contributed by atoms with van der Waals surface area (Å²) in [6, 6.07) is 0. The molecule has 2 saturated heterocycles. The van der Waals surface area contributed by atoms with Gasteiger partial charge in [0.25, 0.3) is 5.56 Å². The fourth-order valence-corrected chi connectivity index (χ4v) is 3.45. The molecule has 0 radical (unpaired) electrons. The first-order valence-corrected chi connectivity index (χ1v) is 7.80. The number of halogens is 1. The first kappa shape index (κ1) is 14.8. The molecule has 21 heavy (non-hydrogen) atoms. The Labute approximate surface area is 129 Å². The molecule has 7 heteroatoms. The molecule has 0 spiro atoms. The van der Waals surface area contributed by atoms with Crippen molar-refractivity contribution in [3.8, 4) is 0 Å². The Kier molecular flexibility index (Phi) is 4.19. The van der Waals surface area contributed by atoms with E-state index in [0.717, 1.165) is 38.4 Å². The van der Waals surface area contributed by atoms with E-state index in [-0.39, 0.29) is 5.56 Å². The van der Waals surface area contributed by atoms with Crippen molar-refractivity contribution in [2.45, 2.75) is 6.54 Å². The molecule has 116 valence electrons. The van der Waals surface area contributed by atoms with Gasteiger partial charge in [0.15, 0.2) is 0 Å². The predicted octanol–water partition coefficient (Wildman–Crippen LogP) is 0.114. The van der Waals surface area contributed by atoms with Gasteiger partial charge in [-0.05, 0) is 25.9 Å². The van der Waals surface area contributed by atoms with E-state index in [0.29, 0.717) is 23.4 Å². The zero-order valence-corrected chi connectivity index (χ0v) is 13.3. The average Bonchev–Trinajstić information content (AvgIpc) is 3.01. The Morgan fingerprint density at radius 3 is 2.67 bits per heavy atom. The van der Waals surface area contributed by atoms with Crippen LogP contribution in [0, 0.1) is 11.8 Å². The highest BCUT2D eigenvalue weighted by Gasteiger charge is 2.37. The van der Waals surface area contributed by atoms with E-state index in [2.05, 4.69) is 15.3 Å². The largest absolute Gasteiger partial charge is 0.368 e. The van der Waals surface area contributed by atoms with Crippen LogP contribution in [-0.4, -0.2) is 61.5 Å². The van der Waals surface area contributed by atoms with E-state index in [4.69, 9.17) is 11.6 Å². The Hall–Kier alpha value is -1.11. The van der Waals surface area contributed by atoms with Gasteiger partial charge in [-0.25, -0.2) is 4.68 Å². The van der Waals surface area contributed by atoms with Crippen LogP contribution in [0.5, 0.6) is 0 Å². The molecule has 2 aliphatic heterocycles. The highest BCUT2D eigenvalue weighted by Crippen LogP contribution is 2.32. The molecule has 1 N–H and O–H groups in total. The van der Waals surface area contributed by atoms with Gasteiger partial charge in [0.2, 0.25) is 0 Å². The van der Waals surface area contributed by atoms with Crippen LogP contribution in [0.2, 0.25) is 5.02 Å². The van der Waals surface area contributed by atoms with E-state index in [9.17, 15) is 4.79 Å². The number of rotatable bonds is 4. The van der Waals surface area contributed by atoms with Gasteiger partial charge < -0.3 is 15.1 Å². The van der Waals surface area contributed by atoms with Crippen molar-refractivity contribution in [2.24, 2.45) is 11.8 Å². The predicted molar refractivity (Wildman–Crippen MR) is 84.1 cm³/mol. The van der Waals surface area contributed by atoms with Gasteiger partial charge >= 0.3 is 0 Å². The monoisotopic (exact) mass is 311 g/mol. The zero-order valence-electron chi connectivity index (χ0n) is 12.5. The van der Waals surface area contributed by atoms with E-state index in [1.54, 1.807) is 6.20 Å². The van der Waals surface area contributed by atoms with E-state index in [1.165, 1.54) is 4.68 Å². The number of aromatic nitrogens is 2. The van der Waals surface area contributed by atoms with Crippen molar-refractivity contribution >= 4 is 17.3 Å². The fourth-order valence-electron chi connectivity index (χ4n) is 3.18. The second-order valence-corrected chi connectivity index (χ2v) is 6.64. The van der Waals surface area contributed by atoms with Crippen molar-refractivity contribution in [3.63, 3.8) is 0 Å². The molecule has 1 aromatic heterocycles. The molecule has 6 nitrogen and oxygen atoms in total. The average molecular weight is 312 g/mol. The second-order valence-electron chi connectivity index (χ2n) is 6.26. The van der Waals surface area contributed by atoms with Crippen LogP contribution in [0.3, 0.4) is 0 Å². The van der Waals surface area contributed by atoms with Crippen LogP contribution >= 0.6 is 11.6 Å². The summed E-state index contributed by atoms with van der Waals surface area (Å²) < 4.78 is 1.45. The molecule has 0 aliphatic carbocycles. The van der Waals surface area contributed by atoms with Gasteiger partial charge in [-0.2, -0.15) is 5.10 Å². The molecule has 2 fully saturated rings. The lowest BCUT2D eigenvalue weighted by atomic mass is 10.0. The summed E-state index contributed by atoms with van der Waals surface area (Å²) in [5.74, 6) is 1.33. The van der Waals surface area contributed by atoms with Crippen molar-refractivity contribution in [1.82, 2.24) is 20.0 Å². The molecule has 0 saturated carbocycles. The Balaban J connectivity index is 1.78. The summed E-state index contributed by atoms with van der Waals surface area (Å²) in [6.07, 6.45) is 1.74. The molecular weight excluding hydrogens is 290 g/mol. The first-order chi connectivity index (χ1) is 10.1. The molecule has 3 heterocycles. The number of likely N-dealkylation sites (N-methyl/N-ethyl adjacent to an activating group) is 1. The summed E-state index contributed by atoms with van der Waals surface area (Å²) in [7, 11) is 3.94. The molecule has 2 aliphatic rings. The lowest BCUT2D eigenvalue weighted by Crippen LogP contribution is -2.32. The van der Waals surface area contributed by atoms with Gasteiger partial charge in [-0.1, -0.05) is 11.6 Å². The van der Waals surface area contributed by atoms with Crippen molar-refractivity contribution in [3.05, 3.63) is 21.6 Å². The number of fused-ring (bicyclic) bond motifs is 1. The molecule has 2 unspecified atom stereocenters. The van der Waals surface area contributed by atoms with Crippen LogP contribution in [0.1, 0.15) is 0 Å². The Bertz CT molecular complexity index is 561. The maximum atomic E-state index is 12.3. The highest BCUT2D eigenvalue weighted by molar-refractivity contribution is 6.33. The van der Waals surface area contributed by atoms with Crippen LogP contribution in [0.15, 0.2) is 11.0 Å². The number of hydrogen-bond acceptors (Lipinski definition) is 5. The van der Waals surface area contributed by atoms with Crippen LogP contribution in [0.25, 0.3) is 0 Å². The second kappa shape index (κ2) is 5.94. The van der Waals surface area contributed by atoms with Crippen molar-refractivity contribution in [2.75, 3.05) is 51.7 Å². The van der Waals surface area contributed by atoms with Crippen LogP contribution < -0.4 is 15.8 Å². The van der Waals surface area contributed by atoms with Crippen molar-refractivity contribution < 1.29 is 0 Å². The minimum atomic E-state index is -0.189. The molecule has 1 aromatic rings. The van der Waals surface area contributed by atoms with Crippen LogP contribution in [-0.2, 0) is 6.54 Å². The molecular formula is C14H22ClN5O. The Morgan fingerprint density at radius 1 is 1.38 bits per heavy atom. The minimum absolute atomic E-state index is 0.189. The van der Waals surface area contributed by atoms with Crippen LogP contribution in [0.4, 0.5) is 5.69 Å². The third kappa shape index (κ3) is 2.93. The van der Waals surface area contributed by atoms with E-state index in [1.807, 2.05) is 19.0 Å². The topological polar surface area (TPSA) is 53.4 Å². The smallest absolute Gasteiger partial charge is 0.287 e. The minimum Gasteiger partial charge on any atom is -0.368 e. The standard InChI is InChI=1S/C14H22ClN5O/c1-18(2)3-4-20-14(21)13(15)12(7-17-20)19-8-10-5-16-6-11(10)9-19/h7,10-11,16H,3-6,8-9H2,1-2H3. The number of anilines is 1. The normalized spacial score (nSPS) is 24.9. The summed E-state index contributed by atoms with van der Waals surface area (Å²) in [5, 5.41) is 8.00. The molecule has 0 amide bonds. The highest BCUT2D eigenvalue weighted by atomic mass is 35.5. The number of nitrogens with zero attached hydrogens (tertiary/aromatic N) is 4. The van der Waals surface area contributed by atoms with E-state index >= 15 is 0 Å². The van der Waals surface area contributed by atoms with Gasteiger partial charge in [0, 0.05) is 32.7 Å². The maximum absolute atomic E-state index is 12.3. The lowest BCUT2D eigenvalue weighted by molar-refractivity contribution is 0.367. The Morgan fingerprint density at radius 2 is 2.05 bits per heavy atom. The fraction of sp³-hybridized carbons (Fsp3) is 0.714. The summed E-state index contributed by atoms with van der Waals surface area (Å²) >= 11 is 6.31. The summed E-state index contributed by atoms with van der Waals surface area (Å²) in [6.45, 7) is 5.36. The number of nitrogens with one attached hydrogen (secondary N) is 1. The van der Waals surface area contributed by atoms with Gasteiger partial charge in [0.1, 0.15) is 5.02 Å². The van der Waals surface area contributed by atoms with Gasteiger partial charge in [-0.15, -0.1) is 0 Å². The van der Waals surface area contributed by atoms with Gasteiger partial charge in [0.05, 0.1) is 18.4 Å². The lowest BCUT2D eigenvalue weighted by Gasteiger charge is -2.21. The quantitative estimate of drug-likeness (QED) is 0.856. The van der Waals surface area contributed by atoms with Crippen molar-refractivity contribution in [1.29, 1.82) is 0 Å². The zero-order chi connectivity index (χ0) is 15.0. The SMILES string of the molecule is CN(C)CCn1ncc(N2CC3CNCC3C2)c(Cl)c1=O. The van der Waals surface area contributed by atoms with E-state index < -0.39 is 0 Å². The third-order valence-corrected chi connectivity index (χ3v) is 4.81. The molecule has 0 aromatic carbocycles. The summed E-state index contributed by atoms with van der Waals surface area (Å²) in [4.78, 5) is 16.5. The van der Waals surface area contributed by atoms with Gasteiger partial charge in [-0.3, -0.25) is 4.79 Å². The molecule has 0 bridgehead atoms. The first-order valence-electron chi connectivity index (χ1n) is 7.42. The molecule has 2 atom stereocenters. The molecule has 3 rings (SSSR count).